The van der Waals surface area contributed by atoms with Gasteiger partial charge in [-0.15, -0.1) is 0 Å². The normalized spacial score (nSPS) is 21.2. The number of aromatic nitrogens is 4. The van der Waals surface area contributed by atoms with E-state index in [4.69, 9.17) is 9.47 Å². The minimum Gasteiger partial charge on any atom is -0.479 e. The van der Waals surface area contributed by atoms with Gasteiger partial charge in [-0.25, -0.2) is 14.8 Å². The maximum atomic E-state index is 12.8. The lowest BCUT2D eigenvalue weighted by atomic mass is 9.89. The molecule has 0 saturated heterocycles. The minimum atomic E-state index is -1.05. The van der Waals surface area contributed by atoms with E-state index in [-0.39, 0.29) is 5.97 Å². The maximum Gasteiger partial charge on any atom is 0.338 e. The number of nitrogens with one attached hydrogen (secondary N) is 1. The van der Waals surface area contributed by atoms with Gasteiger partial charge in [0.25, 0.3) is 0 Å². The maximum absolute atomic E-state index is 12.8. The highest BCUT2D eigenvalue weighted by Crippen LogP contribution is 2.29. The molecule has 0 aliphatic carbocycles. The Hall–Kier alpha value is -2.97. The molecule has 0 spiro atoms. The van der Waals surface area contributed by atoms with Crippen molar-refractivity contribution in [2.75, 3.05) is 7.11 Å². The zero-order valence-corrected chi connectivity index (χ0v) is 15.5. The van der Waals surface area contributed by atoms with Crippen LogP contribution in [-0.2, 0) is 9.53 Å². The summed E-state index contributed by atoms with van der Waals surface area (Å²) >= 11 is 0. The molecular weight excluding hydrogens is 336 g/mol. The van der Waals surface area contributed by atoms with Gasteiger partial charge >= 0.3 is 5.97 Å². The fourth-order valence-corrected chi connectivity index (χ4v) is 2.71. The summed E-state index contributed by atoms with van der Waals surface area (Å²) in [5.74, 6) is 0.00661. The van der Waals surface area contributed by atoms with E-state index in [1.165, 1.54) is 13.4 Å². The van der Waals surface area contributed by atoms with Crippen LogP contribution in [0.2, 0.25) is 0 Å². The molecule has 9 heteroatoms. The molecule has 26 heavy (non-hydrogen) atoms. The largest absolute Gasteiger partial charge is 0.479 e. The van der Waals surface area contributed by atoms with Crippen LogP contribution in [-0.4, -0.2) is 50.0 Å². The van der Waals surface area contributed by atoms with E-state index in [1.54, 1.807) is 23.3 Å². The molecule has 1 unspecified atom stereocenters. The molecule has 0 fully saturated rings. The predicted octanol–water partition coefficient (Wildman–Crippen LogP) is 1.76. The lowest BCUT2D eigenvalue weighted by Gasteiger charge is -2.30. The van der Waals surface area contributed by atoms with Gasteiger partial charge in [0.2, 0.25) is 5.88 Å². The average molecular weight is 358 g/mol. The van der Waals surface area contributed by atoms with Crippen molar-refractivity contribution in [3.8, 4) is 5.88 Å². The Labute approximate surface area is 151 Å². The number of esters is 1. The van der Waals surface area contributed by atoms with Gasteiger partial charge in [0.15, 0.2) is 16.7 Å². The van der Waals surface area contributed by atoms with Crippen LogP contribution in [0.1, 0.15) is 34.1 Å². The third-order valence-corrected chi connectivity index (χ3v) is 4.03. The highest BCUT2D eigenvalue weighted by molar-refractivity contribution is 6.01. The van der Waals surface area contributed by atoms with E-state index in [9.17, 15) is 4.79 Å². The molecule has 3 heterocycles. The van der Waals surface area contributed by atoms with Gasteiger partial charge in [-0.05, 0) is 27.2 Å². The van der Waals surface area contributed by atoms with Crippen molar-refractivity contribution >= 4 is 29.5 Å². The number of carbonyl (C=O) groups is 1. The van der Waals surface area contributed by atoms with Crippen LogP contribution in [0.5, 0.6) is 5.88 Å². The molecule has 0 amide bonds. The molecule has 0 aromatic carbocycles. The van der Waals surface area contributed by atoms with Crippen LogP contribution < -0.4 is 10.2 Å². The second-order valence-electron chi connectivity index (χ2n) is 6.92. The SMILES string of the molecule is CCC1(C(=O)OC(C)(C)C)NN=C/C1=C\n1cnc2c(OC)ncnc21. The summed E-state index contributed by atoms with van der Waals surface area (Å²) in [6, 6.07) is 0. The summed E-state index contributed by atoms with van der Waals surface area (Å²) in [4.78, 5) is 25.4. The van der Waals surface area contributed by atoms with Gasteiger partial charge in [-0.1, -0.05) is 6.92 Å². The second-order valence-corrected chi connectivity index (χ2v) is 6.92. The standard InChI is InChI=1S/C17H22N6O3/c1-6-17(15(24)26-16(2,3)4)11(7-21-22-17)8-23-10-20-12-13(23)18-9-19-14(12)25-5/h7-10,22H,6H2,1-5H3/b11-8+. The van der Waals surface area contributed by atoms with E-state index < -0.39 is 11.1 Å². The van der Waals surface area contributed by atoms with E-state index >= 15 is 0 Å². The molecule has 1 atom stereocenters. The fourth-order valence-electron chi connectivity index (χ4n) is 2.71. The van der Waals surface area contributed by atoms with Crippen molar-refractivity contribution in [2.45, 2.75) is 45.3 Å². The fraction of sp³-hybridized carbons (Fsp3) is 0.471. The number of hydrogen-bond donors (Lipinski definition) is 1. The van der Waals surface area contributed by atoms with E-state index in [0.29, 0.717) is 29.0 Å². The van der Waals surface area contributed by atoms with Crippen molar-refractivity contribution < 1.29 is 14.3 Å². The third kappa shape index (κ3) is 3.00. The molecule has 1 aliphatic heterocycles. The van der Waals surface area contributed by atoms with E-state index in [2.05, 4.69) is 25.5 Å². The molecule has 3 rings (SSSR count). The highest BCUT2D eigenvalue weighted by Gasteiger charge is 2.46. The summed E-state index contributed by atoms with van der Waals surface area (Å²) in [7, 11) is 1.53. The van der Waals surface area contributed by atoms with Crippen molar-refractivity contribution in [2.24, 2.45) is 5.10 Å². The number of rotatable bonds is 4. The summed E-state index contributed by atoms with van der Waals surface area (Å²) in [5, 5.41) is 4.10. The Bertz CT molecular complexity index is 896. The van der Waals surface area contributed by atoms with Crippen molar-refractivity contribution in [1.29, 1.82) is 0 Å². The second kappa shape index (κ2) is 6.40. The van der Waals surface area contributed by atoms with Crippen molar-refractivity contribution in [1.82, 2.24) is 24.9 Å². The average Bonchev–Trinajstić information content (AvgIpc) is 3.18. The Balaban J connectivity index is 2.04. The number of fused-ring (bicyclic) bond motifs is 1. The van der Waals surface area contributed by atoms with Gasteiger partial charge in [0, 0.05) is 11.8 Å². The molecular formula is C17H22N6O3. The zero-order valence-electron chi connectivity index (χ0n) is 15.5. The van der Waals surface area contributed by atoms with Gasteiger partial charge < -0.3 is 9.47 Å². The third-order valence-electron chi connectivity index (χ3n) is 4.03. The zero-order chi connectivity index (χ0) is 18.9. The molecule has 0 radical (unpaired) electrons. The Kier molecular flexibility index (Phi) is 4.39. The first-order valence-corrected chi connectivity index (χ1v) is 8.28. The van der Waals surface area contributed by atoms with Crippen LogP contribution in [0.3, 0.4) is 0 Å². The highest BCUT2D eigenvalue weighted by atomic mass is 16.6. The van der Waals surface area contributed by atoms with Crippen molar-refractivity contribution in [3.63, 3.8) is 0 Å². The molecule has 1 aliphatic rings. The summed E-state index contributed by atoms with van der Waals surface area (Å²) in [6.07, 6.45) is 6.84. The first-order chi connectivity index (χ1) is 12.3. The summed E-state index contributed by atoms with van der Waals surface area (Å²) < 4.78 is 12.5. The monoisotopic (exact) mass is 358 g/mol. The molecule has 2 aromatic heterocycles. The van der Waals surface area contributed by atoms with Gasteiger partial charge in [-0.2, -0.15) is 10.1 Å². The van der Waals surface area contributed by atoms with Crippen LogP contribution >= 0.6 is 0 Å². The number of carbonyl (C=O) groups excluding carboxylic acids is 1. The first-order valence-electron chi connectivity index (χ1n) is 8.28. The van der Waals surface area contributed by atoms with Gasteiger partial charge in [0.1, 0.15) is 18.3 Å². The Morgan fingerprint density at radius 3 is 2.77 bits per heavy atom. The minimum absolute atomic E-state index is 0.382. The number of imidazole rings is 1. The molecule has 1 N–H and O–H groups in total. The number of ether oxygens (including phenoxy) is 2. The molecule has 9 nitrogen and oxygen atoms in total. The summed E-state index contributed by atoms with van der Waals surface area (Å²) in [6.45, 7) is 7.40. The van der Waals surface area contributed by atoms with Crippen LogP contribution in [0.25, 0.3) is 17.4 Å². The number of hydrogen-bond acceptors (Lipinski definition) is 8. The molecule has 138 valence electrons. The number of nitrogens with zero attached hydrogens (tertiary/aromatic N) is 5. The molecule has 2 aromatic rings. The first kappa shape index (κ1) is 17.8. The van der Waals surface area contributed by atoms with Gasteiger partial charge in [0.05, 0.1) is 13.3 Å². The van der Waals surface area contributed by atoms with Crippen LogP contribution in [0.4, 0.5) is 0 Å². The predicted molar refractivity (Wildman–Crippen MR) is 96.6 cm³/mol. The Morgan fingerprint density at radius 2 is 2.12 bits per heavy atom. The summed E-state index contributed by atoms with van der Waals surface area (Å²) in [5.41, 5.74) is 3.02. The van der Waals surface area contributed by atoms with Crippen LogP contribution in [0, 0.1) is 0 Å². The van der Waals surface area contributed by atoms with Crippen LogP contribution in [0.15, 0.2) is 23.3 Å². The topological polar surface area (TPSA) is 104 Å². The smallest absolute Gasteiger partial charge is 0.338 e. The lowest BCUT2D eigenvalue weighted by molar-refractivity contribution is -0.161. The molecule has 0 saturated carbocycles. The number of methoxy groups -OCH3 is 1. The quantitative estimate of drug-likeness (QED) is 0.831. The molecule has 0 bridgehead atoms. The lowest BCUT2D eigenvalue weighted by Crippen LogP contribution is -2.51. The Morgan fingerprint density at radius 1 is 1.35 bits per heavy atom. The van der Waals surface area contributed by atoms with E-state index in [0.717, 1.165) is 0 Å². The number of hydrazone groups is 1. The van der Waals surface area contributed by atoms with E-state index in [1.807, 2.05) is 27.7 Å². The van der Waals surface area contributed by atoms with Gasteiger partial charge in [-0.3, -0.25) is 9.99 Å². The van der Waals surface area contributed by atoms with Crippen molar-refractivity contribution in [3.05, 3.63) is 18.2 Å².